The van der Waals surface area contributed by atoms with E-state index in [1.165, 1.54) is 0 Å². The van der Waals surface area contributed by atoms with Crippen molar-refractivity contribution in [3.63, 3.8) is 0 Å². The van der Waals surface area contributed by atoms with Gasteiger partial charge in [0.05, 0.1) is 17.1 Å². The van der Waals surface area contributed by atoms with Gasteiger partial charge in [0.25, 0.3) is 5.56 Å². The molecule has 1 atom stereocenters. The normalized spacial score (nSPS) is 16.2. The van der Waals surface area contributed by atoms with Gasteiger partial charge in [-0.05, 0) is 48.4 Å². The number of aromatic hydroxyl groups is 1. The van der Waals surface area contributed by atoms with Gasteiger partial charge in [0.15, 0.2) is 11.5 Å². The van der Waals surface area contributed by atoms with E-state index in [2.05, 4.69) is 4.98 Å². The predicted octanol–water partition coefficient (Wildman–Crippen LogP) is 4.63. The number of fused-ring (bicyclic) bond motifs is 2. The Morgan fingerprint density at radius 2 is 1.81 bits per heavy atom. The van der Waals surface area contributed by atoms with Gasteiger partial charge >= 0.3 is 5.69 Å². The smallest absolute Gasteiger partial charge is 0.335 e. The molecule has 0 saturated carbocycles. The summed E-state index contributed by atoms with van der Waals surface area (Å²) in [5.41, 5.74) is 1.87. The van der Waals surface area contributed by atoms with Crippen molar-refractivity contribution >= 4 is 23.2 Å². The molecule has 1 unspecified atom stereocenters. The number of aromatic nitrogens is 2. The molecule has 2 aliphatic heterocycles. The summed E-state index contributed by atoms with van der Waals surface area (Å²) in [7, 11) is 0. The number of hydrogen-bond donors (Lipinski definition) is 2. The van der Waals surface area contributed by atoms with E-state index in [0.29, 0.717) is 35.0 Å². The highest BCUT2D eigenvalue weighted by Crippen LogP contribution is 2.47. The van der Waals surface area contributed by atoms with Crippen molar-refractivity contribution in [2.75, 3.05) is 6.79 Å². The first-order valence-electron chi connectivity index (χ1n) is 11.4. The second kappa shape index (κ2) is 8.76. The third kappa shape index (κ3) is 3.77. The van der Waals surface area contributed by atoms with Gasteiger partial charge in [0.1, 0.15) is 5.56 Å². The van der Waals surface area contributed by atoms with Crippen LogP contribution in [0.25, 0.3) is 5.69 Å². The summed E-state index contributed by atoms with van der Waals surface area (Å²) in [5.74, 6) is 0.912. The van der Waals surface area contributed by atoms with Crippen LogP contribution in [-0.4, -0.2) is 27.2 Å². The molecule has 2 N–H and O–H groups in total. The number of rotatable bonds is 3. The lowest BCUT2D eigenvalue weighted by Gasteiger charge is -2.18. The molecule has 1 aromatic heterocycles. The quantitative estimate of drug-likeness (QED) is 0.426. The molecular weight excluding hydrogens is 478 g/mol. The van der Waals surface area contributed by atoms with Crippen molar-refractivity contribution in [3.8, 4) is 23.1 Å². The number of benzene rings is 3. The summed E-state index contributed by atoms with van der Waals surface area (Å²) in [6, 6.07) is 20.6. The summed E-state index contributed by atoms with van der Waals surface area (Å²) in [5, 5.41) is 11.2. The Morgan fingerprint density at radius 3 is 2.67 bits per heavy atom. The van der Waals surface area contributed by atoms with Crippen molar-refractivity contribution in [2.24, 2.45) is 4.99 Å². The van der Waals surface area contributed by atoms with Crippen LogP contribution in [0.4, 0.5) is 5.69 Å². The third-order valence-corrected chi connectivity index (χ3v) is 7.59. The lowest BCUT2D eigenvalue weighted by Crippen LogP contribution is -2.33. The molecule has 0 radical (unpaired) electrons. The largest absolute Gasteiger partial charge is 0.493 e. The van der Waals surface area contributed by atoms with Crippen molar-refractivity contribution in [3.05, 3.63) is 104 Å². The Kier molecular flexibility index (Phi) is 5.41. The zero-order valence-corrected chi connectivity index (χ0v) is 20.0. The molecule has 0 aliphatic carbocycles. The number of aliphatic imine (C=N–C) groups is 1. The third-order valence-electron chi connectivity index (χ3n) is 6.27. The van der Waals surface area contributed by atoms with E-state index in [4.69, 9.17) is 14.5 Å². The van der Waals surface area contributed by atoms with Crippen LogP contribution < -0.4 is 20.7 Å². The summed E-state index contributed by atoms with van der Waals surface area (Å²) >= 11 is 1.62. The molecule has 2 aliphatic rings. The Bertz CT molecular complexity index is 1660. The second-order valence-electron chi connectivity index (χ2n) is 8.53. The van der Waals surface area contributed by atoms with Crippen LogP contribution in [-0.2, 0) is 0 Å². The van der Waals surface area contributed by atoms with Crippen LogP contribution in [0.15, 0.2) is 86.2 Å². The van der Waals surface area contributed by atoms with Gasteiger partial charge in [-0.25, -0.2) is 9.36 Å². The Balaban J connectivity index is 1.53. The molecule has 9 heteroatoms. The fourth-order valence-electron chi connectivity index (χ4n) is 4.49. The van der Waals surface area contributed by atoms with E-state index >= 15 is 0 Å². The predicted molar refractivity (Wildman–Crippen MR) is 137 cm³/mol. The SMILES string of the molecule is Cc1ccccc1-n1c(O)c(C2=Nc3ccccc3SC(c3ccc4c(c3)OCO4)C2)c(=O)[nH]c1=O. The molecule has 0 saturated heterocycles. The first-order valence-corrected chi connectivity index (χ1v) is 12.2. The fourth-order valence-corrected chi connectivity index (χ4v) is 5.71. The minimum Gasteiger partial charge on any atom is -0.493 e. The highest BCUT2D eigenvalue weighted by Gasteiger charge is 2.29. The molecule has 36 heavy (non-hydrogen) atoms. The molecule has 0 fully saturated rings. The Morgan fingerprint density at radius 1 is 1.03 bits per heavy atom. The van der Waals surface area contributed by atoms with E-state index in [9.17, 15) is 14.7 Å². The number of para-hydroxylation sites is 2. The average Bonchev–Trinajstić information content (AvgIpc) is 3.25. The van der Waals surface area contributed by atoms with Crippen LogP contribution in [0.3, 0.4) is 0 Å². The molecule has 0 bridgehead atoms. The molecule has 3 aromatic carbocycles. The highest BCUT2D eigenvalue weighted by molar-refractivity contribution is 7.99. The molecule has 3 heterocycles. The standard InChI is InChI=1S/C27H21N3O5S/c1-15-6-2-4-8-19(15)30-26(32)24(25(31)29-27(30)33)18-13-23(36-22-9-5-3-7-17(22)28-18)16-10-11-20-21(12-16)35-14-34-20/h2-12,23,32H,13-14H2,1H3,(H,29,31,33). The van der Waals surface area contributed by atoms with Crippen LogP contribution in [0.1, 0.15) is 28.4 Å². The van der Waals surface area contributed by atoms with Gasteiger partial charge in [0, 0.05) is 16.6 Å². The maximum atomic E-state index is 13.1. The Labute approximate surface area is 209 Å². The van der Waals surface area contributed by atoms with Gasteiger partial charge in [-0.15, -0.1) is 11.8 Å². The molecule has 6 rings (SSSR count). The minimum atomic E-state index is -0.716. The molecule has 8 nitrogen and oxygen atoms in total. The van der Waals surface area contributed by atoms with E-state index < -0.39 is 17.1 Å². The molecular formula is C27H21N3O5S. The van der Waals surface area contributed by atoms with Crippen LogP contribution in [0.2, 0.25) is 0 Å². The number of thioether (sulfide) groups is 1. The molecule has 4 aromatic rings. The van der Waals surface area contributed by atoms with E-state index in [-0.39, 0.29) is 17.6 Å². The number of aromatic amines is 1. The van der Waals surface area contributed by atoms with E-state index in [1.54, 1.807) is 23.9 Å². The maximum Gasteiger partial charge on any atom is 0.335 e. The number of nitrogens with one attached hydrogen (secondary N) is 1. The Hall–Kier alpha value is -4.24. The molecule has 0 spiro atoms. The first-order chi connectivity index (χ1) is 17.5. The summed E-state index contributed by atoms with van der Waals surface area (Å²) in [6.07, 6.45) is 0.335. The lowest BCUT2D eigenvalue weighted by atomic mass is 10.0. The molecule has 0 amide bonds. The topological polar surface area (TPSA) is 106 Å². The van der Waals surface area contributed by atoms with Crippen LogP contribution in [0.5, 0.6) is 17.4 Å². The summed E-state index contributed by atoms with van der Waals surface area (Å²) in [4.78, 5) is 34.0. The van der Waals surface area contributed by atoms with E-state index in [1.807, 2.05) is 61.5 Å². The van der Waals surface area contributed by atoms with Gasteiger partial charge < -0.3 is 14.6 Å². The average molecular weight is 500 g/mol. The summed E-state index contributed by atoms with van der Waals surface area (Å²) < 4.78 is 12.1. The molecule has 180 valence electrons. The lowest BCUT2D eigenvalue weighted by molar-refractivity contribution is 0.174. The number of hydrogen-bond acceptors (Lipinski definition) is 7. The van der Waals surface area contributed by atoms with Crippen molar-refractivity contribution in [1.82, 2.24) is 9.55 Å². The van der Waals surface area contributed by atoms with Gasteiger partial charge in [-0.3, -0.25) is 14.8 Å². The minimum absolute atomic E-state index is 0.0269. The van der Waals surface area contributed by atoms with E-state index in [0.717, 1.165) is 20.6 Å². The van der Waals surface area contributed by atoms with Crippen molar-refractivity contribution < 1.29 is 14.6 Å². The van der Waals surface area contributed by atoms with Gasteiger partial charge in [-0.1, -0.05) is 36.4 Å². The van der Waals surface area contributed by atoms with Gasteiger partial charge in [-0.2, -0.15) is 0 Å². The fraction of sp³-hybridized carbons (Fsp3) is 0.148. The van der Waals surface area contributed by atoms with Crippen molar-refractivity contribution in [1.29, 1.82) is 0 Å². The monoisotopic (exact) mass is 499 g/mol. The number of aryl methyl sites for hydroxylation is 1. The number of ether oxygens (including phenoxy) is 2. The van der Waals surface area contributed by atoms with Gasteiger partial charge in [0.2, 0.25) is 12.7 Å². The van der Waals surface area contributed by atoms with Crippen molar-refractivity contribution in [2.45, 2.75) is 23.5 Å². The number of nitrogens with zero attached hydrogens (tertiary/aromatic N) is 2. The van der Waals surface area contributed by atoms with Crippen LogP contribution in [0, 0.1) is 6.92 Å². The van der Waals surface area contributed by atoms with Crippen LogP contribution >= 0.6 is 11.8 Å². The first kappa shape index (κ1) is 22.2. The zero-order chi connectivity index (χ0) is 24.8. The number of H-pyrrole nitrogens is 1. The zero-order valence-electron chi connectivity index (χ0n) is 19.2. The highest BCUT2D eigenvalue weighted by atomic mass is 32.2. The summed E-state index contributed by atoms with van der Waals surface area (Å²) in [6.45, 7) is 2.01. The second-order valence-corrected chi connectivity index (χ2v) is 9.77. The maximum absolute atomic E-state index is 13.1.